The lowest BCUT2D eigenvalue weighted by Gasteiger charge is -2.23. The highest BCUT2D eigenvalue weighted by Gasteiger charge is 2.21. The molecule has 2 aromatic rings. The Hall–Kier alpha value is -1.97. The van der Waals surface area contributed by atoms with Crippen LogP contribution in [-0.4, -0.2) is 60.3 Å². The zero-order valence-electron chi connectivity index (χ0n) is 13.4. The van der Waals surface area contributed by atoms with Crippen LogP contribution in [0.5, 0.6) is 0 Å². The number of halogens is 1. The summed E-state index contributed by atoms with van der Waals surface area (Å²) in [5.41, 5.74) is 0.340. The van der Waals surface area contributed by atoms with E-state index < -0.39 is 16.3 Å². The van der Waals surface area contributed by atoms with Crippen LogP contribution in [0.3, 0.4) is 0 Å². The van der Waals surface area contributed by atoms with Crippen molar-refractivity contribution in [3.8, 4) is 11.4 Å². The Bertz CT molecular complexity index is 863. The molecule has 0 radical (unpaired) electrons. The van der Waals surface area contributed by atoms with Crippen LogP contribution in [0.15, 0.2) is 29.3 Å². The highest BCUT2D eigenvalue weighted by molar-refractivity contribution is 7.72. The number of aromatic amines is 1. The fraction of sp³-hybridized carbons (Fsp3) is 0.400. The summed E-state index contributed by atoms with van der Waals surface area (Å²) in [5.74, 6) is 0.892. The van der Waals surface area contributed by atoms with E-state index in [2.05, 4.69) is 15.0 Å². The third-order valence-corrected chi connectivity index (χ3v) is 4.97. The van der Waals surface area contributed by atoms with Crippen molar-refractivity contribution in [3.05, 3.63) is 39.9 Å². The molecule has 0 unspecified atom stereocenters. The molecule has 1 fully saturated rings. The van der Waals surface area contributed by atoms with Crippen molar-refractivity contribution in [2.75, 3.05) is 37.0 Å². The summed E-state index contributed by atoms with van der Waals surface area (Å²) in [5, 5.41) is 0.0427. The van der Waals surface area contributed by atoms with Crippen molar-refractivity contribution in [2.45, 2.75) is 6.42 Å². The molecule has 25 heavy (non-hydrogen) atoms. The SMILES string of the molecule is O=c1[nH]c(-c2ccncc2)nc(N2CCCN(C[SH](=O)=O)CC2)c1Cl. The summed E-state index contributed by atoms with van der Waals surface area (Å²) in [6.45, 7) is 2.45. The molecule has 2 aromatic heterocycles. The number of nitrogens with one attached hydrogen (secondary N) is 1. The summed E-state index contributed by atoms with van der Waals surface area (Å²) in [6.07, 6.45) is 4.01. The largest absolute Gasteiger partial charge is 0.354 e. The van der Waals surface area contributed by atoms with Gasteiger partial charge < -0.3 is 9.88 Å². The number of pyridine rings is 1. The Labute approximate surface area is 151 Å². The lowest BCUT2D eigenvalue weighted by molar-refractivity contribution is 0.339. The highest BCUT2D eigenvalue weighted by Crippen LogP contribution is 2.24. The predicted molar refractivity (Wildman–Crippen MR) is 96.7 cm³/mol. The fourth-order valence-corrected chi connectivity index (χ4v) is 3.61. The number of hydrogen-bond donors (Lipinski definition) is 2. The van der Waals surface area contributed by atoms with Crippen LogP contribution in [0.4, 0.5) is 5.82 Å². The van der Waals surface area contributed by atoms with E-state index in [-0.39, 0.29) is 10.9 Å². The molecule has 0 atom stereocenters. The maximum absolute atomic E-state index is 12.2. The van der Waals surface area contributed by atoms with Gasteiger partial charge in [-0.05, 0) is 18.6 Å². The van der Waals surface area contributed by atoms with Gasteiger partial charge >= 0.3 is 0 Å². The van der Waals surface area contributed by atoms with Gasteiger partial charge in [0.1, 0.15) is 10.8 Å². The molecule has 0 aromatic carbocycles. The van der Waals surface area contributed by atoms with Gasteiger partial charge in [-0.2, -0.15) is 0 Å². The predicted octanol–water partition coefficient (Wildman–Crippen LogP) is 0.566. The summed E-state index contributed by atoms with van der Waals surface area (Å²) in [6, 6.07) is 3.51. The van der Waals surface area contributed by atoms with E-state index in [0.717, 1.165) is 12.0 Å². The molecule has 0 amide bonds. The van der Waals surface area contributed by atoms with Crippen molar-refractivity contribution < 1.29 is 8.42 Å². The summed E-state index contributed by atoms with van der Waals surface area (Å²) < 4.78 is 21.9. The first-order valence-electron chi connectivity index (χ1n) is 7.84. The van der Waals surface area contributed by atoms with Crippen LogP contribution in [0.25, 0.3) is 11.4 Å². The lowest BCUT2D eigenvalue weighted by Crippen LogP contribution is -2.33. The van der Waals surface area contributed by atoms with Crippen LogP contribution in [0.2, 0.25) is 5.02 Å². The molecule has 10 heteroatoms. The first-order valence-corrected chi connectivity index (χ1v) is 9.58. The Morgan fingerprint density at radius 2 is 1.92 bits per heavy atom. The number of nitrogens with zero attached hydrogens (tertiary/aromatic N) is 4. The number of H-pyrrole nitrogens is 1. The average Bonchev–Trinajstić information content (AvgIpc) is 2.83. The topological polar surface area (TPSA) is 99.3 Å². The Morgan fingerprint density at radius 1 is 1.16 bits per heavy atom. The summed E-state index contributed by atoms with van der Waals surface area (Å²) >= 11 is 6.19. The standard InChI is InChI=1S/C15H18ClN5O3S/c16-12-14(21-7-1-6-20(8-9-21)10-25(23)24)18-13(19-15(12)22)11-2-4-17-5-3-11/h2-5,25H,1,6-10H2,(H,18,19,22). The maximum atomic E-state index is 12.2. The smallest absolute Gasteiger partial charge is 0.272 e. The number of hydrogen-bond acceptors (Lipinski definition) is 7. The number of anilines is 1. The minimum atomic E-state index is -2.45. The normalized spacial score (nSPS) is 16.2. The van der Waals surface area contributed by atoms with Crippen molar-refractivity contribution >= 4 is 28.1 Å². The van der Waals surface area contributed by atoms with Crippen LogP contribution >= 0.6 is 11.6 Å². The highest BCUT2D eigenvalue weighted by atomic mass is 35.5. The van der Waals surface area contributed by atoms with E-state index >= 15 is 0 Å². The van der Waals surface area contributed by atoms with Gasteiger partial charge in [0.05, 0.1) is 5.88 Å². The molecule has 0 aliphatic carbocycles. The third kappa shape index (κ3) is 4.36. The van der Waals surface area contributed by atoms with E-state index in [1.807, 2.05) is 9.80 Å². The molecular formula is C15H18ClN5O3S. The zero-order chi connectivity index (χ0) is 17.8. The van der Waals surface area contributed by atoms with Crippen molar-refractivity contribution in [1.29, 1.82) is 0 Å². The minimum absolute atomic E-state index is 0.0427. The van der Waals surface area contributed by atoms with E-state index in [1.165, 1.54) is 0 Å². The second kappa shape index (κ2) is 7.94. The molecule has 1 aliphatic rings. The van der Waals surface area contributed by atoms with E-state index in [4.69, 9.17) is 11.6 Å². The van der Waals surface area contributed by atoms with Crippen LogP contribution < -0.4 is 10.5 Å². The van der Waals surface area contributed by atoms with Crippen molar-refractivity contribution in [2.24, 2.45) is 0 Å². The first-order chi connectivity index (χ1) is 12.0. The second-order valence-electron chi connectivity index (χ2n) is 5.72. The fourth-order valence-electron chi connectivity index (χ4n) is 2.79. The molecule has 8 nitrogen and oxygen atoms in total. The quantitative estimate of drug-likeness (QED) is 0.744. The monoisotopic (exact) mass is 383 g/mol. The van der Waals surface area contributed by atoms with E-state index in [1.54, 1.807) is 24.5 Å². The zero-order valence-corrected chi connectivity index (χ0v) is 15.0. The minimum Gasteiger partial charge on any atom is -0.354 e. The lowest BCUT2D eigenvalue weighted by atomic mass is 10.2. The molecule has 0 bridgehead atoms. The molecular weight excluding hydrogens is 366 g/mol. The summed E-state index contributed by atoms with van der Waals surface area (Å²) in [7, 11) is -2.45. The van der Waals surface area contributed by atoms with Crippen LogP contribution in [0, 0.1) is 0 Å². The number of aromatic nitrogens is 3. The van der Waals surface area contributed by atoms with Gasteiger partial charge in [-0.25, -0.2) is 13.4 Å². The molecule has 0 saturated carbocycles. The van der Waals surface area contributed by atoms with Gasteiger partial charge in [-0.1, -0.05) is 11.6 Å². The van der Waals surface area contributed by atoms with Crippen molar-refractivity contribution in [1.82, 2.24) is 19.9 Å². The Morgan fingerprint density at radius 3 is 2.64 bits per heavy atom. The van der Waals surface area contributed by atoms with E-state index in [9.17, 15) is 13.2 Å². The molecule has 3 rings (SSSR count). The number of rotatable bonds is 4. The van der Waals surface area contributed by atoms with Gasteiger partial charge in [0.15, 0.2) is 16.5 Å². The van der Waals surface area contributed by atoms with Gasteiger partial charge in [-0.15, -0.1) is 0 Å². The molecule has 1 N–H and O–H groups in total. The van der Waals surface area contributed by atoms with Gasteiger partial charge in [0.2, 0.25) is 0 Å². The van der Waals surface area contributed by atoms with Crippen LogP contribution in [-0.2, 0) is 10.7 Å². The summed E-state index contributed by atoms with van der Waals surface area (Å²) in [4.78, 5) is 27.2. The van der Waals surface area contributed by atoms with Gasteiger partial charge in [0, 0.05) is 44.1 Å². The van der Waals surface area contributed by atoms with Crippen LogP contribution in [0.1, 0.15) is 6.42 Å². The Kier molecular flexibility index (Phi) is 5.67. The molecule has 134 valence electrons. The third-order valence-electron chi connectivity index (χ3n) is 4.00. The second-order valence-corrected chi connectivity index (χ2v) is 7.05. The molecule has 0 spiro atoms. The molecule has 1 saturated heterocycles. The molecule has 3 heterocycles. The van der Waals surface area contributed by atoms with Gasteiger partial charge in [0.25, 0.3) is 5.56 Å². The van der Waals surface area contributed by atoms with Gasteiger partial charge in [-0.3, -0.25) is 14.7 Å². The molecule has 1 aliphatic heterocycles. The number of thiol groups is 1. The maximum Gasteiger partial charge on any atom is 0.272 e. The average molecular weight is 384 g/mol. The first kappa shape index (κ1) is 17.8. The van der Waals surface area contributed by atoms with E-state index in [0.29, 0.717) is 37.8 Å². The Balaban J connectivity index is 1.89. The van der Waals surface area contributed by atoms with Crippen molar-refractivity contribution in [3.63, 3.8) is 0 Å².